The summed E-state index contributed by atoms with van der Waals surface area (Å²) >= 11 is 0. The molecule has 0 saturated heterocycles. The number of hydrogen-bond donors (Lipinski definition) is 2. The fourth-order valence-corrected chi connectivity index (χ4v) is 2.77. The molecule has 0 aliphatic carbocycles. The van der Waals surface area contributed by atoms with Crippen LogP contribution in [0.25, 0.3) is 0 Å². The van der Waals surface area contributed by atoms with Gasteiger partial charge in [-0.05, 0) is 56.4 Å². The van der Waals surface area contributed by atoms with Crippen LogP contribution >= 0.6 is 24.0 Å². The summed E-state index contributed by atoms with van der Waals surface area (Å²) in [5, 5.41) is 6.64. The van der Waals surface area contributed by atoms with Gasteiger partial charge in [0.25, 0.3) is 0 Å². The third kappa shape index (κ3) is 9.65. The smallest absolute Gasteiger partial charge is 0.191 e. The molecule has 8 heteroatoms. The monoisotopic (exact) mass is 542 g/mol. The van der Waals surface area contributed by atoms with Gasteiger partial charge < -0.3 is 29.7 Å². The van der Waals surface area contributed by atoms with Gasteiger partial charge in [-0.15, -0.1) is 24.0 Å². The number of halogens is 1. The lowest BCUT2D eigenvalue weighted by molar-refractivity contribution is 0.261. The Morgan fingerprint density at radius 2 is 1.74 bits per heavy atom. The van der Waals surface area contributed by atoms with Gasteiger partial charge in [-0.3, -0.25) is 0 Å². The molecule has 0 unspecified atom stereocenters. The van der Waals surface area contributed by atoms with E-state index in [-0.39, 0.29) is 24.0 Å². The van der Waals surface area contributed by atoms with E-state index in [4.69, 9.17) is 19.2 Å². The molecule has 2 aromatic carbocycles. The Kier molecular flexibility index (Phi) is 12.8. The zero-order chi connectivity index (χ0) is 21.8. The molecular weight excluding hydrogens is 507 g/mol. The largest absolute Gasteiger partial charge is 0.493 e. The van der Waals surface area contributed by atoms with Gasteiger partial charge >= 0.3 is 0 Å². The summed E-state index contributed by atoms with van der Waals surface area (Å²) in [4.78, 5) is 6.80. The molecule has 0 bridgehead atoms. The highest BCUT2D eigenvalue weighted by molar-refractivity contribution is 14.0. The fraction of sp³-hybridized carbons (Fsp3) is 0.435. The number of guanidine groups is 1. The maximum atomic E-state index is 5.81. The summed E-state index contributed by atoms with van der Waals surface area (Å²) in [6.45, 7) is 5.56. The van der Waals surface area contributed by atoms with Crippen LogP contribution in [-0.4, -0.2) is 58.9 Å². The standard InChI is InChI=1S/C23H34N4O3.HI/c1-6-24-23(26-17-19-10-11-21(28-4)22(15-19)29-5)25-16-18-8-7-9-20(14-18)30-13-12-27(2)3;/h7-11,14-15H,6,12-13,16-17H2,1-5H3,(H2,24,25,26);1H. The molecule has 0 aliphatic heterocycles. The van der Waals surface area contributed by atoms with E-state index < -0.39 is 0 Å². The van der Waals surface area contributed by atoms with Gasteiger partial charge in [-0.1, -0.05) is 18.2 Å². The highest BCUT2D eigenvalue weighted by atomic mass is 127. The van der Waals surface area contributed by atoms with Crippen LogP contribution < -0.4 is 24.8 Å². The average molecular weight is 542 g/mol. The van der Waals surface area contributed by atoms with Crippen molar-refractivity contribution in [2.24, 2.45) is 4.99 Å². The predicted octanol–water partition coefficient (Wildman–Crippen LogP) is 3.52. The summed E-state index contributed by atoms with van der Waals surface area (Å²) < 4.78 is 16.5. The molecule has 31 heavy (non-hydrogen) atoms. The Labute approximate surface area is 203 Å². The first kappa shape index (κ1) is 26.8. The lowest BCUT2D eigenvalue weighted by atomic mass is 10.2. The SMILES string of the molecule is CCNC(=NCc1cccc(OCCN(C)C)c1)NCc1ccc(OC)c(OC)c1.I. The third-order valence-corrected chi connectivity index (χ3v) is 4.38. The molecule has 172 valence electrons. The van der Waals surface area contributed by atoms with E-state index in [1.54, 1.807) is 14.2 Å². The molecule has 0 aliphatic rings. The number of nitrogens with zero attached hydrogens (tertiary/aromatic N) is 2. The zero-order valence-electron chi connectivity index (χ0n) is 19.1. The molecule has 0 aromatic heterocycles. The van der Waals surface area contributed by atoms with Crippen molar-refractivity contribution < 1.29 is 14.2 Å². The molecule has 2 N–H and O–H groups in total. The number of benzene rings is 2. The second-order valence-electron chi connectivity index (χ2n) is 7.04. The second-order valence-corrected chi connectivity index (χ2v) is 7.04. The Balaban J connectivity index is 0.00000480. The van der Waals surface area contributed by atoms with Crippen molar-refractivity contribution in [3.8, 4) is 17.2 Å². The van der Waals surface area contributed by atoms with Crippen LogP contribution in [0, 0.1) is 0 Å². The highest BCUT2D eigenvalue weighted by Crippen LogP contribution is 2.27. The number of likely N-dealkylation sites (N-methyl/N-ethyl adjacent to an activating group) is 1. The number of ether oxygens (including phenoxy) is 3. The Hall–Kier alpha value is -2.20. The molecule has 0 amide bonds. The normalized spacial score (nSPS) is 11.0. The molecule has 0 heterocycles. The molecule has 0 saturated carbocycles. The molecular formula is C23H35IN4O3. The van der Waals surface area contributed by atoms with E-state index in [0.717, 1.165) is 41.7 Å². The van der Waals surface area contributed by atoms with Crippen LogP contribution in [0.15, 0.2) is 47.5 Å². The lowest BCUT2D eigenvalue weighted by Gasteiger charge is -2.14. The van der Waals surface area contributed by atoms with Crippen LogP contribution in [0.5, 0.6) is 17.2 Å². The van der Waals surface area contributed by atoms with E-state index in [0.29, 0.717) is 25.4 Å². The molecule has 2 aromatic rings. The van der Waals surface area contributed by atoms with Crippen molar-refractivity contribution in [3.63, 3.8) is 0 Å². The van der Waals surface area contributed by atoms with Gasteiger partial charge in [-0.2, -0.15) is 0 Å². The van der Waals surface area contributed by atoms with Crippen LogP contribution in [0.3, 0.4) is 0 Å². The van der Waals surface area contributed by atoms with E-state index in [9.17, 15) is 0 Å². The molecule has 2 rings (SSSR count). The van der Waals surface area contributed by atoms with Crippen molar-refractivity contribution in [1.29, 1.82) is 0 Å². The average Bonchev–Trinajstić information content (AvgIpc) is 2.75. The molecule has 7 nitrogen and oxygen atoms in total. The Morgan fingerprint density at radius 3 is 2.42 bits per heavy atom. The van der Waals surface area contributed by atoms with Gasteiger partial charge in [0.05, 0.1) is 20.8 Å². The summed E-state index contributed by atoms with van der Waals surface area (Å²) in [6, 6.07) is 13.9. The minimum atomic E-state index is 0. The third-order valence-electron chi connectivity index (χ3n) is 4.38. The fourth-order valence-electron chi connectivity index (χ4n) is 2.77. The number of aliphatic imine (C=N–C) groups is 1. The van der Waals surface area contributed by atoms with Crippen LogP contribution in [-0.2, 0) is 13.1 Å². The van der Waals surface area contributed by atoms with Crippen molar-refractivity contribution in [1.82, 2.24) is 15.5 Å². The Bertz CT molecular complexity index is 815. The predicted molar refractivity (Wildman–Crippen MR) is 137 cm³/mol. The summed E-state index contributed by atoms with van der Waals surface area (Å²) in [5.74, 6) is 3.05. The van der Waals surface area contributed by atoms with Crippen molar-refractivity contribution in [2.45, 2.75) is 20.0 Å². The van der Waals surface area contributed by atoms with Crippen molar-refractivity contribution >= 4 is 29.9 Å². The van der Waals surface area contributed by atoms with E-state index in [1.807, 2.05) is 57.4 Å². The van der Waals surface area contributed by atoms with Gasteiger partial charge in [-0.25, -0.2) is 4.99 Å². The minimum absolute atomic E-state index is 0. The van der Waals surface area contributed by atoms with Gasteiger partial charge in [0, 0.05) is 19.6 Å². The van der Waals surface area contributed by atoms with Gasteiger partial charge in [0.1, 0.15) is 12.4 Å². The van der Waals surface area contributed by atoms with Gasteiger partial charge in [0.2, 0.25) is 0 Å². The maximum absolute atomic E-state index is 5.81. The molecule has 0 radical (unpaired) electrons. The number of nitrogens with one attached hydrogen (secondary N) is 2. The summed E-state index contributed by atoms with van der Waals surface area (Å²) in [5.41, 5.74) is 2.18. The maximum Gasteiger partial charge on any atom is 0.191 e. The van der Waals surface area contributed by atoms with E-state index in [2.05, 4.69) is 21.6 Å². The summed E-state index contributed by atoms with van der Waals surface area (Å²) in [6.07, 6.45) is 0. The van der Waals surface area contributed by atoms with Crippen molar-refractivity contribution in [3.05, 3.63) is 53.6 Å². The van der Waals surface area contributed by atoms with Crippen molar-refractivity contribution in [2.75, 3.05) is 48.0 Å². The number of methoxy groups -OCH3 is 2. The molecule has 0 fully saturated rings. The minimum Gasteiger partial charge on any atom is -0.493 e. The lowest BCUT2D eigenvalue weighted by Crippen LogP contribution is -2.36. The molecule has 0 spiro atoms. The zero-order valence-corrected chi connectivity index (χ0v) is 21.4. The van der Waals surface area contributed by atoms with E-state index >= 15 is 0 Å². The molecule has 0 atom stereocenters. The highest BCUT2D eigenvalue weighted by Gasteiger charge is 2.06. The quantitative estimate of drug-likeness (QED) is 0.258. The van der Waals surface area contributed by atoms with Gasteiger partial charge in [0.15, 0.2) is 17.5 Å². The Morgan fingerprint density at radius 1 is 0.968 bits per heavy atom. The number of hydrogen-bond acceptors (Lipinski definition) is 5. The summed E-state index contributed by atoms with van der Waals surface area (Å²) in [7, 11) is 7.34. The van der Waals surface area contributed by atoms with Crippen LogP contribution in [0.1, 0.15) is 18.1 Å². The van der Waals surface area contributed by atoms with Crippen LogP contribution in [0.4, 0.5) is 0 Å². The van der Waals surface area contributed by atoms with E-state index in [1.165, 1.54) is 0 Å². The topological polar surface area (TPSA) is 67.4 Å². The first-order chi connectivity index (χ1) is 14.5. The first-order valence-electron chi connectivity index (χ1n) is 10.1. The second kappa shape index (κ2) is 14.7. The van der Waals surface area contributed by atoms with Crippen LogP contribution in [0.2, 0.25) is 0 Å². The first-order valence-corrected chi connectivity index (χ1v) is 10.1. The number of rotatable bonds is 11.